The molecule has 0 aromatic heterocycles. The molecule has 0 N–H and O–H groups in total. The highest BCUT2D eigenvalue weighted by atomic mass is 19.1. The molecule has 0 radical (unpaired) electrons. The Kier molecular flexibility index (Phi) is 3.98. The van der Waals surface area contributed by atoms with Crippen LogP contribution in [0, 0.1) is 11.2 Å². The maximum Gasteiger partial charge on any atom is 0.219 e. The van der Waals surface area contributed by atoms with Crippen LogP contribution in [0.15, 0.2) is 24.3 Å². The first-order chi connectivity index (χ1) is 10.1. The van der Waals surface area contributed by atoms with Gasteiger partial charge < -0.3 is 9.64 Å². The summed E-state index contributed by atoms with van der Waals surface area (Å²) in [6, 6.07) is 6.77. The van der Waals surface area contributed by atoms with Crippen molar-refractivity contribution < 1.29 is 13.9 Å². The maximum atomic E-state index is 13.2. The van der Waals surface area contributed by atoms with Crippen LogP contribution in [0.5, 0.6) is 0 Å². The molecule has 1 aromatic rings. The zero-order valence-corrected chi connectivity index (χ0v) is 12.5. The molecule has 2 aliphatic heterocycles. The summed E-state index contributed by atoms with van der Waals surface area (Å²) < 4.78 is 19.2. The summed E-state index contributed by atoms with van der Waals surface area (Å²) in [5, 5.41) is 0. The van der Waals surface area contributed by atoms with Crippen molar-refractivity contribution in [3.63, 3.8) is 0 Å². The van der Waals surface area contributed by atoms with Crippen LogP contribution in [-0.4, -0.2) is 36.6 Å². The van der Waals surface area contributed by atoms with Crippen LogP contribution in [0.4, 0.5) is 4.39 Å². The minimum atomic E-state index is -0.185. The molecule has 2 heterocycles. The molecule has 1 aromatic carbocycles. The number of hydrogen-bond donors (Lipinski definition) is 0. The fourth-order valence-corrected chi connectivity index (χ4v) is 3.60. The fraction of sp³-hybridized carbons (Fsp3) is 0.588. The van der Waals surface area contributed by atoms with Gasteiger partial charge in [0, 0.05) is 20.0 Å². The summed E-state index contributed by atoms with van der Waals surface area (Å²) in [5.41, 5.74) is 1.22. The number of halogens is 1. The highest BCUT2D eigenvalue weighted by Gasteiger charge is 2.42. The summed E-state index contributed by atoms with van der Waals surface area (Å²) >= 11 is 0. The average Bonchev–Trinajstić information content (AvgIpc) is 2.82. The second-order valence-electron chi connectivity index (χ2n) is 6.48. The first-order valence-corrected chi connectivity index (χ1v) is 7.68. The summed E-state index contributed by atoms with van der Waals surface area (Å²) in [6.07, 6.45) is 4.01. The number of likely N-dealkylation sites (tertiary alicyclic amines) is 1. The minimum absolute atomic E-state index is 0.167. The van der Waals surface area contributed by atoms with Crippen LogP contribution in [0.3, 0.4) is 0 Å². The summed E-state index contributed by atoms with van der Waals surface area (Å²) in [4.78, 5) is 13.3. The summed E-state index contributed by atoms with van der Waals surface area (Å²) in [5.74, 6) is -0.0185. The minimum Gasteiger partial charge on any atom is -0.377 e. The third kappa shape index (κ3) is 3.26. The molecule has 114 valence electrons. The molecule has 3 nitrogen and oxygen atoms in total. The summed E-state index contributed by atoms with van der Waals surface area (Å²) in [6.45, 7) is 4.09. The lowest BCUT2D eigenvalue weighted by Crippen LogP contribution is -2.42. The topological polar surface area (TPSA) is 29.5 Å². The number of carbonyl (C=O) groups is 1. The Morgan fingerprint density at radius 2 is 2.19 bits per heavy atom. The van der Waals surface area contributed by atoms with Crippen molar-refractivity contribution in [2.45, 2.75) is 38.7 Å². The highest BCUT2D eigenvalue weighted by Crippen LogP contribution is 2.42. The van der Waals surface area contributed by atoms with Gasteiger partial charge in [0.15, 0.2) is 0 Å². The third-order valence-electron chi connectivity index (χ3n) is 4.91. The lowest BCUT2D eigenvalue weighted by Gasteiger charge is -2.38. The van der Waals surface area contributed by atoms with E-state index in [1.54, 1.807) is 19.1 Å². The Bertz CT molecular complexity index is 523. The van der Waals surface area contributed by atoms with Crippen molar-refractivity contribution in [3.8, 4) is 0 Å². The van der Waals surface area contributed by atoms with E-state index in [-0.39, 0.29) is 23.2 Å². The molecule has 21 heavy (non-hydrogen) atoms. The van der Waals surface area contributed by atoms with Gasteiger partial charge >= 0.3 is 0 Å². The van der Waals surface area contributed by atoms with Crippen LogP contribution in [0.1, 0.15) is 31.7 Å². The standard InChI is InChI=1S/C17H22FNO2/c1-13(20)19-7-5-17(6-8-19)11-16(21-12-17)10-14-3-2-4-15(18)9-14/h2-4,9,16H,5-8,10-12H2,1H3/t16-/m1/s1. The van der Waals surface area contributed by atoms with E-state index in [4.69, 9.17) is 4.74 Å². The lowest BCUT2D eigenvalue weighted by atomic mass is 9.76. The van der Waals surface area contributed by atoms with E-state index in [0.717, 1.165) is 50.9 Å². The molecule has 2 fully saturated rings. The van der Waals surface area contributed by atoms with Crippen molar-refractivity contribution >= 4 is 5.91 Å². The predicted octanol–water partition coefficient (Wildman–Crippen LogP) is 2.79. The van der Waals surface area contributed by atoms with E-state index in [9.17, 15) is 9.18 Å². The SMILES string of the molecule is CC(=O)N1CCC2(CC1)CO[C@H](Cc1cccc(F)c1)C2. The molecule has 2 aliphatic rings. The Labute approximate surface area is 125 Å². The number of amides is 1. The predicted molar refractivity (Wildman–Crippen MR) is 78.4 cm³/mol. The lowest BCUT2D eigenvalue weighted by molar-refractivity contribution is -0.131. The molecule has 1 spiro atoms. The molecule has 0 aliphatic carbocycles. The van der Waals surface area contributed by atoms with Crippen LogP contribution in [0.2, 0.25) is 0 Å². The van der Waals surface area contributed by atoms with Gasteiger partial charge in [0.25, 0.3) is 0 Å². The van der Waals surface area contributed by atoms with Gasteiger partial charge in [-0.05, 0) is 48.8 Å². The van der Waals surface area contributed by atoms with Crippen molar-refractivity contribution in [3.05, 3.63) is 35.6 Å². The van der Waals surface area contributed by atoms with Crippen molar-refractivity contribution in [2.24, 2.45) is 5.41 Å². The van der Waals surface area contributed by atoms with Crippen LogP contribution in [-0.2, 0) is 16.0 Å². The van der Waals surface area contributed by atoms with Gasteiger partial charge in [0.1, 0.15) is 5.82 Å². The first-order valence-electron chi connectivity index (χ1n) is 7.68. The van der Waals surface area contributed by atoms with E-state index in [0.29, 0.717) is 0 Å². The molecule has 1 amide bonds. The first kappa shape index (κ1) is 14.5. The average molecular weight is 291 g/mol. The fourth-order valence-electron chi connectivity index (χ4n) is 3.60. The number of ether oxygens (including phenoxy) is 1. The van der Waals surface area contributed by atoms with Gasteiger partial charge in [-0.15, -0.1) is 0 Å². The Morgan fingerprint density at radius 1 is 1.43 bits per heavy atom. The third-order valence-corrected chi connectivity index (χ3v) is 4.91. The molecular weight excluding hydrogens is 269 g/mol. The zero-order valence-electron chi connectivity index (χ0n) is 12.5. The monoisotopic (exact) mass is 291 g/mol. The second-order valence-corrected chi connectivity index (χ2v) is 6.48. The smallest absolute Gasteiger partial charge is 0.219 e. The van der Waals surface area contributed by atoms with E-state index >= 15 is 0 Å². The molecule has 4 heteroatoms. The summed E-state index contributed by atoms with van der Waals surface area (Å²) in [7, 11) is 0. The van der Waals surface area contributed by atoms with Gasteiger partial charge in [-0.3, -0.25) is 4.79 Å². The highest BCUT2D eigenvalue weighted by molar-refractivity contribution is 5.73. The molecule has 0 saturated carbocycles. The van der Waals surface area contributed by atoms with Gasteiger partial charge in [-0.2, -0.15) is 0 Å². The number of piperidine rings is 1. The second kappa shape index (κ2) is 5.76. The number of nitrogens with zero attached hydrogens (tertiary/aromatic N) is 1. The molecule has 1 atom stereocenters. The van der Waals surface area contributed by atoms with Gasteiger partial charge in [0.05, 0.1) is 12.7 Å². The van der Waals surface area contributed by atoms with Crippen LogP contribution >= 0.6 is 0 Å². The number of carbonyl (C=O) groups excluding carboxylic acids is 1. The van der Waals surface area contributed by atoms with E-state index in [1.165, 1.54) is 6.07 Å². The quantitative estimate of drug-likeness (QED) is 0.838. The van der Waals surface area contributed by atoms with E-state index < -0.39 is 0 Å². The van der Waals surface area contributed by atoms with Crippen molar-refractivity contribution in [1.29, 1.82) is 0 Å². The molecular formula is C17H22FNO2. The molecule has 0 bridgehead atoms. The van der Waals surface area contributed by atoms with E-state index in [2.05, 4.69) is 0 Å². The van der Waals surface area contributed by atoms with E-state index in [1.807, 2.05) is 11.0 Å². The number of rotatable bonds is 2. The van der Waals surface area contributed by atoms with Crippen LogP contribution in [0.25, 0.3) is 0 Å². The van der Waals surface area contributed by atoms with Gasteiger partial charge in [-0.25, -0.2) is 4.39 Å². The molecule has 0 unspecified atom stereocenters. The maximum absolute atomic E-state index is 13.2. The molecule has 2 saturated heterocycles. The number of benzene rings is 1. The van der Waals surface area contributed by atoms with Crippen molar-refractivity contribution in [1.82, 2.24) is 4.90 Å². The Hall–Kier alpha value is -1.42. The van der Waals surface area contributed by atoms with Crippen molar-refractivity contribution in [2.75, 3.05) is 19.7 Å². The Balaban J connectivity index is 1.57. The van der Waals surface area contributed by atoms with Gasteiger partial charge in [-0.1, -0.05) is 12.1 Å². The molecule has 3 rings (SSSR count). The Morgan fingerprint density at radius 3 is 2.86 bits per heavy atom. The van der Waals surface area contributed by atoms with Gasteiger partial charge in [0.2, 0.25) is 5.91 Å². The zero-order chi connectivity index (χ0) is 14.9. The van der Waals surface area contributed by atoms with Crippen LogP contribution < -0.4 is 0 Å². The number of hydrogen-bond acceptors (Lipinski definition) is 2. The largest absolute Gasteiger partial charge is 0.377 e. The normalized spacial score (nSPS) is 24.5.